The van der Waals surface area contributed by atoms with Crippen molar-refractivity contribution in [3.63, 3.8) is 0 Å². The van der Waals surface area contributed by atoms with Gasteiger partial charge in [-0.25, -0.2) is 9.59 Å². The molecule has 1 fully saturated rings. The van der Waals surface area contributed by atoms with Crippen LogP contribution in [0.3, 0.4) is 0 Å². The lowest BCUT2D eigenvalue weighted by Crippen LogP contribution is -2.36. The third kappa shape index (κ3) is 2.25. The van der Waals surface area contributed by atoms with E-state index in [0.29, 0.717) is 0 Å². The molecule has 2 rings (SSSR count). The van der Waals surface area contributed by atoms with Gasteiger partial charge in [0, 0.05) is 0 Å². The number of aliphatic hydroxyl groups is 3. The minimum absolute atomic E-state index is 0.528. The van der Waals surface area contributed by atoms with Crippen LogP contribution >= 0.6 is 0 Å². The van der Waals surface area contributed by atoms with E-state index in [2.05, 4.69) is 0 Å². The van der Waals surface area contributed by atoms with E-state index in [4.69, 9.17) is 14.9 Å². The highest BCUT2D eigenvalue weighted by atomic mass is 16.6. The van der Waals surface area contributed by atoms with Crippen molar-refractivity contribution in [2.75, 3.05) is 6.61 Å². The van der Waals surface area contributed by atoms with Gasteiger partial charge in [0.05, 0.1) is 12.2 Å². The Morgan fingerprint density at radius 3 is 2.35 bits per heavy atom. The molecular formula is C10H12N2O8. The zero-order valence-corrected chi connectivity index (χ0v) is 9.94. The second-order valence-electron chi connectivity index (χ2n) is 4.26. The van der Waals surface area contributed by atoms with Crippen LogP contribution in [-0.2, 0) is 4.74 Å². The maximum absolute atomic E-state index is 11.7. The van der Waals surface area contributed by atoms with Gasteiger partial charge in [0.2, 0.25) is 0 Å². The van der Waals surface area contributed by atoms with E-state index >= 15 is 0 Å². The second kappa shape index (κ2) is 5.17. The maximum atomic E-state index is 11.7. The minimum Gasteiger partial charge on any atom is -0.477 e. The number of aromatic amines is 2. The Morgan fingerprint density at radius 1 is 1.20 bits per heavy atom. The monoisotopic (exact) mass is 288 g/mol. The number of ether oxygens (including phenoxy) is 1. The summed E-state index contributed by atoms with van der Waals surface area (Å²) in [5.74, 6) is -1.60. The van der Waals surface area contributed by atoms with Gasteiger partial charge in [0.15, 0.2) is 0 Å². The van der Waals surface area contributed by atoms with Crippen molar-refractivity contribution >= 4 is 5.97 Å². The summed E-state index contributed by atoms with van der Waals surface area (Å²) in [4.78, 5) is 37.6. The van der Waals surface area contributed by atoms with Gasteiger partial charge in [0.25, 0.3) is 5.56 Å². The number of aliphatic hydroxyl groups excluding tert-OH is 3. The van der Waals surface area contributed by atoms with Gasteiger partial charge in [0.1, 0.15) is 30.1 Å². The SMILES string of the molecule is O=C(O)c1[nH]c(=O)[nH]c(=O)c1[C@@H]1O[C@H](CO)[C@@H](O)[C@H]1O. The number of hydrogen-bond donors (Lipinski definition) is 6. The molecule has 0 bridgehead atoms. The highest BCUT2D eigenvalue weighted by molar-refractivity contribution is 5.87. The van der Waals surface area contributed by atoms with E-state index in [-0.39, 0.29) is 0 Å². The molecule has 1 aromatic heterocycles. The number of rotatable bonds is 3. The maximum Gasteiger partial charge on any atom is 0.353 e. The van der Waals surface area contributed by atoms with E-state index in [9.17, 15) is 24.6 Å². The first kappa shape index (κ1) is 14.4. The van der Waals surface area contributed by atoms with Gasteiger partial charge >= 0.3 is 11.7 Å². The molecule has 0 aliphatic carbocycles. The fourth-order valence-corrected chi connectivity index (χ4v) is 2.07. The lowest BCUT2D eigenvalue weighted by molar-refractivity contribution is -0.0235. The van der Waals surface area contributed by atoms with Gasteiger partial charge in [-0.15, -0.1) is 0 Å². The molecule has 1 aliphatic rings. The van der Waals surface area contributed by atoms with Crippen LogP contribution in [0.4, 0.5) is 0 Å². The van der Waals surface area contributed by atoms with Crippen molar-refractivity contribution in [2.45, 2.75) is 24.4 Å². The molecule has 10 nitrogen and oxygen atoms in total. The summed E-state index contributed by atoms with van der Waals surface area (Å²) in [6.07, 6.45) is -5.74. The molecule has 0 amide bonds. The number of carbonyl (C=O) groups is 1. The summed E-state index contributed by atoms with van der Waals surface area (Å²) in [7, 11) is 0. The quantitative estimate of drug-likeness (QED) is 0.339. The predicted octanol–water partition coefficient (Wildman–Crippen LogP) is -3.08. The molecule has 1 aliphatic heterocycles. The first-order chi connectivity index (χ1) is 9.36. The molecule has 0 spiro atoms. The predicted molar refractivity (Wildman–Crippen MR) is 61.4 cm³/mol. The number of hydrogen-bond acceptors (Lipinski definition) is 7. The number of nitrogens with one attached hydrogen (secondary N) is 2. The number of carboxylic acid groups (broad SMARTS) is 1. The van der Waals surface area contributed by atoms with Gasteiger partial charge in [-0.1, -0.05) is 0 Å². The molecule has 0 radical (unpaired) electrons. The Kier molecular flexibility index (Phi) is 3.72. The van der Waals surface area contributed by atoms with Crippen molar-refractivity contribution in [1.29, 1.82) is 0 Å². The molecule has 0 saturated carbocycles. The largest absolute Gasteiger partial charge is 0.477 e. The van der Waals surface area contributed by atoms with Crippen LogP contribution in [0.5, 0.6) is 0 Å². The van der Waals surface area contributed by atoms with Gasteiger partial charge < -0.3 is 30.1 Å². The molecule has 0 unspecified atom stereocenters. The fourth-order valence-electron chi connectivity index (χ4n) is 2.07. The van der Waals surface area contributed by atoms with Crippen molar-refractivity contribution in [3.8, 4) is 0 Å². The lowest BCUT2D eigenvalue weighted by atomic mass is 10.0. The Labute approximate surface area is 110 Å². The van der Waals surface area contributed by atoms with Crippen LogP contribution in [0.1, 0.15) is 22.2 Å². The molecule has 1 aromatic rings. The third-order valence-electron chi connectivity index (χ3n) is 3.02. The molecule has 0 aromatic carbocycles. The summed E-state index contributed by atoms with van der Waals surface area (Å²) in [6.45, 7) is -0.627. The van der Waals surface area contributed by atoms with Crippen LogP contribution in [0.2, 0.25) is 0 Å². The molecule has 2 heterocycles. The van der Waals surface area contributed by atoms with Crippen LogP contribution in [0.15, 0.2) is 9.59 Å². The molecule has 20 heavy (non-hydrogen) atoms. The van der Waals surface area contributed by atoms with Gasteiger partial charge in [-0.2, -0.15) is 0 Å². The average Bonchev–Trinajstić information content (AvgIpc) is 2.65. The van der Waals surface area contributed by atoms with Crippen LogP contribution < -0.4 is 11.2 Å². The normalized spacial score (nSPS) is 29.6. The van der Waals surface area contributed by atoms with Gasteiger partial charge in [-0.3, -0.25) is 9.78 Å². The summed E-state index contributed by atoms with van der Waals surface area (Å²) in [6, 6.07) is 0. The summed E-state index contributed by atoms with van der Waals surface area (Å²) in [5, 5.41) is 37.3. The average molecular weight is 288 g/mol. The minimum atomic E-state index is -1.61. The molecule has 1 saturated heterocycles. The van der Waals surface area contributed by atoms with Crippen LogP contribution in [0, 0.1) is 0 Å². The van der Waals surface area contributed by atoms with Crippen molar-refractivity contribution in [1.82, 2.24) is 9.97 Å². The summed E-state index contributed by atoms with van der Waals surface area (Å²) < 4.78 is 5.08. The molecule has 6 N–H and O–H groups in total. The van der Waals surface area contributed by atoms with E-state index in [1.807, 2.05) is 9.97 Å². The zero-order valence-electron chi connectivity index (χ0n) is 9.94. The number of H-pyrrole nitrogens is 2. The molecule has 4 atom stereocenters. The first-order valence-electron chi connectivity index (χ1n) is 5.59. The Hall–Kier alpha value is -2.01. The van der Waals surface area contributed by atoms with E-state index in [1.165, 1.54) is 0 Å². The highest BCUT2D eigenvalue weighted by Crippen LogP contribution is 2.32. The molecular weight excluding hydrogens is 276 g/mol. The summed E-state index contributed by atoms with van der Waals surface area (Å²) >= 11 is 0. The topological polar surface area (TPSA) is 173 Å². The fraction of sp³-hybridized carbons (Fsp3) is 0.500. The van der Waals surface area contributed by atoms with Crippen LogP contribution in [0.25, 0.3) is 0 Å². The Bertz CT molecular complexity index is 635. The number of aromatic carboxylic acids is 1. The van der Waals surface area contributed by atoms with Crippen molar-refractivity contribution < 1.29 is 30.0 Å². The van der Waals surface area contributed by atoms with Gasteiger partial charge in [-0.05, 0) is 0 Å². The number of aromatic nitrogens is 2. The highest BCUT2D eigenvalue weighted by Gasteiger charge is 2.45. The number of carboxylic acids is 1. The van der Waals surface area contributed by atoms with E-state index < -0.39 is 59.5 Å². The lowest BCUT2D eigenvalue weighted by Gasteiger charge is -2.15. The zero-order chi connectivity index (χ0) is 15.0. The summed E-state index contributed by atoms with van der Waals surface area (Å²) in [5.41, 5.74) is -3.35. The van der Waals surface area contributed by atoms with E-state index in [1.54, 1.807) is 0 Å². The second-order valence-corrected chi connectivity index (χ2v) is 4.26. The third-order valence-corrected chi connectivity index (χ3v) is 3.02. The van der Waals surface area contributed by atoms with Crippen molar-refractivity contribution in [2.24, 2.45) is 0 Å². The Morgan fingerprint density at radius 2 is 1.85 bits per heavy atom. The van der Waals surface area contributed by atoms with Crippen molar-refractivity contribution in [3.05, 3.63) is 32.1 Å². The smallest absolute Gasteiger partial charge is 0.353 e. The van der Waals surface area contributed by atoms with E-state index in [0.717, 1.165) is 0 Å². The molecule has 110 valence electrons. The van der Waals surface area contributed by atoms with Crippen LogP contribution in [-0.4, -0.2) is 61.3 Å². The first-order valence-corrected chi connectivity index (χ1v) is 5.59. The standard InChI is InChI=1S/C10H12N2O8/c13-1-2-5(14)6(15)7(20-2)3-4(9(17)18)11-10(19)12-8(3)16/h2,5-7,13-15H,1H2,(H,17,18)(H2,11,12,16,19)/t2-,5-,6-,7+/m1/s1. The molecule has 10 heteroatoms. The Balaban J connectivity index is 2.56.